The first kappa shape index (κ1) is 9.49. The molecule has 0 aromatic carbocycles. The lowest BCUT2D eigenvalue weighted by Gasteiger charge is -2.08. The first-order valence-corrected chi connectivity index (χ1v) is 4.49. The Balaban J connectivity index is 2.73. The molecule has 0 aliphatic heterocycles. The average molecular weight is 185 g/mol. The van der Waals surface area contributed by atoms with E-state index in [1.807, 2.05) is 6.07 Å². The molecule has 0 bridgehead atoms. The van der Waals surface area contributed by atoms with Crippen molar-refractivity contribution in [1.82, 2.24) is 4.98 Å². The van der Waals surface area contributed by atoms with Gasteiger partial charge in [-0.25, -0.2) is 0 Å². The molecule has 12 heavy (non-hydrogen) atoms. The lowest BCUT2D eigenvalue weighted by molar-refractivity contribution is 0.622. The molecule has 66 valence electrons. The summed E-state index contributed by atoms with van der Waals surface area (Å²) in [6, 6.07) is 3.60. The Morgan fingerprint density at radius 1 is 1.67 bits per heavy atom. The summed E-state index contributed by atoms with van der Waals surface area (Å²) in [4.78, 5) is 4.15. The zero-order chi connectivity index (χ0) is 8.97. The molecule has 2 N–H and O–H groups in total. The van der Waals surface area contributed by atoms with E-state index in [4.69, 9.17) is 17.3 Å². The molecular formula is C9H13ClN2. The molecule has 1 atom stereocenters. The second kappa shape index (κ2) is 4.43. The van der Waals surface area contributed by atoms with E-state index in [0.717, 1.165) is 18.5 Å². The van der Waals surface area contributed by atoms with Gasteiger partial charge in [0.2, 0.25) is 0 Å². The van der Waals surface area contributed by atoms with Gasteiger partial charge in [-0.1, -0.05) is 24.9 Å². The summed E-state index contributed by atoms with van der Waals surface area (Å²) in [6.07, 6.45) is 3.70. The van der Waals surface area contributed by atoms with Crippen LogP contribution in [-0.2, 0) is 0 Å². The van der Waals surface area contributed by atoms with E-state index in [-0.39, 0.29) is 6.04 Å². The first-order chi connectivity index (χ1) is 5.74. The number of pyridine rings is 1. The second-order valence-electron chi connectivity index (χ2n) is 2.79. The Hall–Kier alpha value is -0.600. The molecule has 0 spiro atoms. The molecule has 2 nitrogen and oxygen atoms in total. The molecule has 0 fully saturated rings. The van der Waals surface area contributed by atoms with Crippen LogP contribution in [0.25, 0.3) is 0 Å². The van der Waals surface area contributed by atoms with Crippen LogP contribution in [0.2, 0.25) is 5.02 Å². The molecule has 0 aliphatic carbocycles. The Kier molecular flexibility index (Phi) is 3.50. The molecule has 0 amide bonds. The largest absolute Gasteiger partial charge is 0.323 e. The molecule has 1 aromatic rings. The van der Waals surface area contributed by atoms with Crippen LogP contribution >= 0.6 is 11.6 Å². The summed E-state index contributed by atoms with van der Waals surface area (Å²) in [6.45, 7) is 2.10. The highest BCUT2D eigenvalue weighted by Gasteiger charge is 2.05. The zero-order valence-corrected chi connectivity index (χ0v) is 7.88. The number of hydrogen-bond acceptors (Lipinski definition) is 2. The maximum atomic E-state index is 5.85. The number of hydrogen-bond donors (Lipinski definition) is 1. The zero-order valence-electron chi connectivity index (χ0n) is 7.13. The van der Waals surface area contributed by atoms with E-state index in [2.05, 4.69) is 11.9 Å². The van der Waals surface area contributed by atoms with Crippen molar-refractivity contribution >= 4 is 11.6 Å². The normalized spacial score (nSPS) is 12.9. The van der Waals surface area contributed by atoms with Crippen LogP contribution in [-0.4, -0.2) is 4.98 Å². The average Bonchev–Trinajstić information content (AvgIpc) is 2.05. The smallest absolute Gasteiger partial charge is 0.0585 e. The minimum absolute atomic E-state index is 0.0219. The number of halogens is 1. The Labute approximate surface area is 77.8 Å². The standard InChI is InChI=1S/C9H13ClN2/c1-2-3-8(11)9-6-7(10)4-5-12-9/h4-6,8H,2-3,11H2,1H3. The number of rotatable bonds is 3. The lowest BCUT2D eigenvalue weighted by Crippen LogP contribution is -2.11. The number of nitrogens with two attached hydrogens (primary N) is 1. The molecule has 3 heteroatoms. The third-order valence-corrected chi connectivity index (χ3v) is 1.96. The molecule has 0 aliphatic rings. The Morgan fingerprint density at radius 3 is 3.00 bits per heavy atom. The van der Waals surface area contributed by atoms with Crippen molar-refractivity contribution in [3.05, 3.63) is 29.0 Å². The molecule has 0 saturated carbocycles. The fourth-order valence-electron chi connectivity index (χ4n) is 1.08. The molecule has 1 aromatic heterocycles. The van der Waals surface area contributed by atoms with Gasteiger partial charge in [0.1, 0.15) is 0 Å². The van der Waals surface area contributed by atoms with Crippen LogP contribution in [0.5, 0.6) is 0 Å². The minimum atomic E-state index is 0.0219. The van der Waals surface area contributed by atoms with E-state index in [1.54, 1.807) is 12.3 Å². The summed E-state index contributed by atoms with van der Waals surface area (Å²) in [5.41, 5.74) is 6.73. The van der Waals surface area contributed by atoms with E-state index >= 15 is 0 Å². The Bertz CT molecular complexity index is 250. The van der Waals surface area contributed by atoms with Crippen LogP contribution in [0, 0.1) is 0 Å². The Morgan fingerprint density at radius 2 is 2.42 bits per heavy atom. The number of aromatic nitrogens is 1. The maximum absolute atomic E-state index is 5.85. The van der Waals surface area contributed by atoms with Crippen LogP contribution in [0.1, 0.15) is 31.5 Å². The quantitative estimate of drug-likeness (QED) is 0.784. The van der Waals surface area contributed by atoms with Gasteiger partial charge in [0.05, 0.1) is 5.69 Å². The first-order valence-electron chi connectivity index (χ1n) is 4.11. The second-order valence-corrected chi connectivity index (χ2v) is 3.23. The summed E-state index contributed by atoms with van der Waals surface area (Å²) >= 11 is 5.79. The summed E-state index contributed by atoms with van der Waals surface area (Å²) in [5.74, 6) is 0. The third-order valence-electron chi connectivity index (χ3n) is 1.72. The lowest BCUT2D eigenvalue weighted by atomic mass is 10.1. The highest BCUT2D eigenvalue weighted by molar-refractivity contribution is 6.30. The van der Waals surface area contributed by atoms with Crippen LogP contribution in [0.3, 0.4) is 0 Å². The van der Waals surface area contributed by atoms with Gasteiger partial charge in [-0.05, 0) is 18.6 Å². The fraction of sp³-hybridized carbons (Fsp3) is 0.444. The van der Waals surface area contributed by atoms with E-state index in [0.29, 0.717) is 5.02 Å². The predicted octanol–water partition coefficient (Wildman–Crippen LogP) is 2.53. The van der Waals surface area contributed by atoms with Gasteiger partial charge in [0, 0.05) is 17.3 Å². The van der Waals surface area contributed by atoms with Crippen molar-refractivity contribution in [3.8, 4) is 0 Å². The number of nitrogens with zero attached hydrogens (tertiary/aromatic N) is 1. The third kappa shape index (κ3) is 2.47. The summed E-state index contributed by atoms with van der Waals surface area (Å²) < 4.78 is 0. The molecule has 0 saturated heterocycles. The van der Waals surface area contributed by atoms with Gasteiger partial charge >= 0.3 is 0 Å². The van der Waals surface area contributed by atoms with Gasteiger partial charge < -0.3 is 5.73 Å². The van der Waals surface area contributed by atoms with Gasteiger partial charge in [-0.15, -0.1) is 0 Å². The van der Waals surface area contributed by atoms with Crippen molar-refractivity contribution < 1.29 is 0 Å². The molecule has 1 heterocycles. The SMILES string of the molecule is CCCC(N)c1cc(Cl)ccn1. The van der Waals surface area contributed by atoms with Gasteiger partial charge in [0.15, 0.2) is 0 Å². The summed E-state index contributed by atoms with van der Waals surface area (Å²) in [7, 11) is 0. The van der Waals surface area contributed by atoms with Crippen molar-refractivity contribution in [1.29, 1.82) is 0 Å². The highest BCUT2D eigenvalue weighted by Crippen LogP contribution is 2.16. The van der Waals surface area contributed by atoms with E-state index < -0.39 is 0 Å². The van der Waals surface area contributed by atoms with Gasteiger partial charge in [-0.2, -0.15) is 0 Å². The summed E-state index contributed by atoms with van der Waals surface area (Å²) in [5, 5.41) is 0.701. The van der Waals surface area contributed by atoms with Crippen molar-refractivity contribution in [2.75, 3.05) is 0 Å². The van der Waals surface area contributed by atoms with Crippen molar-refractivity contribution in [2.24, 2.45) is 5.73 Å². The van der Waals surface area contributed by atoms with Crippen molar-refractivity contribution in [3.63, 3.8) is 0 Å². The maximum Gasteiger partial charge on any atom is 0.0585 e. The van der Waals surface area contributed by atoms with Crippen molar-refractivity contribution in [2.45, 2.75) is 25.8 Å². The van der Waals surface area contributed by atoms with Crippen LogP contribution in [0.15, 0.2) is 18.3 Å². The highest BCUT2D eigenvalue weighted by atomic mass is 35.5. The minimum Gasteiger partial charge on any atom is -0.323 e. The molecule has 1 unspecified atom stereocenters. The molecular weight excluding hydrogens is 172 g/mol. The van der Waals surface area contributed by atoms with Gasteiger partial charge in [-0.3, -0.25) is 4.98 Å². The predicted molar refractivity (Wildman–Crippen MR) is 51.1 cm³/mol. The van der Waals surface area contributed by atoms with E-state index in [1.165, 1.54) is 0 Å². The molecule has 1 rings (SSSR count). The fourth-order valence-corrected chi connectivity index (χ4v) is 1.25. The van der Waals surface area contributed by atoms with Crippen LogP contribution < -0.4 is 5.73 Å². The monoisotopic (exact) mass is 184 g/mol. The van der Waals surface area contributed by atoms with Gasteiger partial charge in [0.25, 0.3) is 0 Å². The molecule has 0 radical (unpaired) electrons. The topological polar surface area (TPSA) is 38.9 Å². The van der Waals surface area contributed by atoms with Crippen LogP contribution in [0.4, 0.5) is 0 Å². The van der Waals surface area contributed by atoms with E-state index in [9.17, 15) is 0 Å².